The molecule has 0 radical (unpaired) electrons. The molecule has 0 atom stereocenters. The van der Waals surface area contributed by atoms with E-state index >= 15 is 0 Å². The van der Waals surface area contributed by atoms with E-state index in [1.807, 2.05) is 0 Å². The van der Waals surface area contributed by atoms with Crippen LogP contribution in [0.4, 0.5) is 26.3 Å². The van der Waals surface area contributed by atoms with Gasteiger partial charge in [-0.05, 0) is 22.6 Å². The van der Waals surface area contributed by atoms with Gasteiger partial charge in [-0.15, -0.1) is 0 Å². The van der Waals surface area contributed by atoms with Gasteiger partial charge in [0.1, 0.15) is 15.0 Å². The first kappa shape index (κ1) is 24.7. The number of nitrogens with zero attached hydrogens (tertiary/aromatic N) is 4. The molecule has 0 unspecified atom stereocenters. The highest BCUT2D eigenvalue weighted by molar-refractivity contribution is 14.1. The van der Waals surface area contributed by atoms with Crippen molar-refractivity contribution < 1.29 is 26.3 Å². The van der Waals surface area contributed by atoms with Crippen LogP contribution in [-0.4, -0.2) is 18.3 Å². The number of halogens is 7. The van der Waals surface area contributed by atoms with Crippen molar-refractivity contribution in [3.8, 4) is 0 Å². The van der Waals surface area contributed by atoms with E-state index in [9.17, 15) is 45.5 Å². The molecule has 0 N–H and O–H groups in total. The lowest BCUT2D eigenvalue weighted by atomic mass is 10.4. The lowest BCUT2D eigenvalue weighted by molar-refractivity contribution is -0.145. The molecule has 0 saturated heterocycles. The van der Waals surface area contributed by atoms with E-state index in [1.165, 1.54) is 22.6 Å². The van der Waals surface area contributed by atoms with Crippen molar-refractivity contribution in [2.24, 2.45) is 28.2 Å². The van der Waals surface area contributed by atoms with Gasteiger partial charge in [0.15, 0.2) is 0 Å². The van der Waals surface area contributed by atoms with Gasteiger partial charge in [0.2, 0.25) is 0 Å². The minimum atomic E-state index is -4.71. The van der Waals surface area contributed by atoms with Gasteiger partial charge in [0.05, 0.1) is 0 Å². The second-order valence-electron chi connectivity index (χ2n) is 5.63. The predicted molar refractivity (Wildman–Crippen MR) is 96.6 cm³/mol. The number of alkyl halides is 6. The minimum absolute atomic E-state index is 0.390. The lowest BCUT2D eigenvalue weighted by Gasteiger charge is -2.14. The molecule has 2 heterocycles. The summed E-state index contributed by atoms with van der Waals surface area (Å²) in [5.74, 6) is 0. The van der Waals surface area contributed by atoms with Crippen LogP contribution in [0.15, 0.2) is 25.2 Å². The molecule has 0 aliphatic heterocycles. The van der Waals surface area contributed by atoms with E-state index in [0.717, 1.165) is 28.2 Å². The van der Waals surface area contributed by atoms with Crippen molar-refractivity contribution in [1.82, 2.24) is 18.3 Å². The van der Waals surface area contributed by atoms with Gasteiger partial charge in [0.25, 0.3) is 11.1 Å². The quantitative estimate of drug-likeness (QED) is 0.365. The van der Waals surface area contributed by atoms with Crippen LogP contribution in [0.3, 0.4) is 0 Å². The molecule has 0 fully saturated rings. The maximum Gasteiger partial charge on any atom is 0.432 e. The third-order valence-corrected chi connectivity index (χ3v) is 4.67. The standard InChI is InChI=1S/C7H6F3IN2O2.C7H7F3N2O2/c1-12-4(7(8,9)10)3(11)5(14)13(2)6(12)15;1-11-4(7(8,9)10)3-5(13)12(2)6(11)14/h1-2H3;3H,1-2H3. The third-order valence-electron chi connectivity index (χ3n) is 3.69. The van der Waals surface area contributed by atoms with Crippen LogP contribution >= 0.6 is 22.6 Å². The summed E-state index contributed by atoms with van der Waals surface area (Å²) in [6, 6.07) is 0.390. The van der Waals surface area contributed by atoms with Gasteiger partial charge in [-0.3, -0.25) is 27.9 Å². The molecule has 162 valence electrons. The fourth-order valence-electron chi connectivity index (χ4n) is 2.12. The molecule has 0 spiro atoms. The van der Waals surface area contributed by atoms with Crippen molar-refractivity contribution >= 4 is 22.6 Å². The van der Waals surface area contributed by atoms with Crippen molar-refractivity contribution in [2.45, 2.75) is 12.4 Å². The molecule has 0 bridgehead atoms. The molecule has 15 heteroatoms. The molecular formula is C14H13F6IN4O4. The molecule has 0 amide bonds. The van der Waals surface area contributed by atoms with Crippen molar-refractivity contribution in [3.63, 3.8) is 0 Å². The van der Waals surface area contributed by atoms with Crippen LogP contribution in [0, 0.1) is 3.57 Å². The Kier molecular flexibility index (Phi) is 6.98. The summed E-state index contributed by atoms with van der Waals surface area (Å²) in [5.41, 5.74) is -6.36. The minimum Gasteiger partial charge on any atom is -0.292 e. The zero-order chi connectivity index (χ0) is 23.1. The summed E-state index contributed by atoms with van der Waals surface area (Å²) < 4.78 is 75.7. The zero-order valence-electron chi connectivity index (χ0n) is 15.1. The molecular weight excluding hydrogens is 529 g/mol. The number of hydrogen-bond acceptors (Lipinski definition) is 4. The lowest BCUT2D eigenvalue weighted by Crippen LogP contribution is -2.42. The Morgan fingerprint density at radius 2 is 1.17 bits per heavy atom. The molecule has 2 aromatic rings. The van der Waals surface area contributed by atoms with Gasteiger partial charge in [-0.25, -0.2) is 9.59 Å². The third kappa shape index (κ3) is 4.99. The summed E-state index contributed by atoms with van der Waals surface area (Å²) in [5, 5.41) is 0. The van der Waals surface area contributed by atoms with E-state index in [0.29, 0.717) is 24.3 Å². The highest BCUT2D eigenvalue weighted by atomic mass is 127. The van der Waals surface area contributed by atoms with Gasteiger partial charge < -0.3 is 0 Å². The van der Waals surface area contributed by atoms with E-state index in [4.69, 9.17) is 0 Å². The molecule has 0 aliphatic carbocycles. The molecule has 2 aromatic heterocycles. The van der Waals surface area contributed by atoms with Crippen LogP contribution in [0.25, 0.3) is 0 Å². The second-order valence-corrected chi connectivity index (χ2v) is 6.71. The molecule has 0 aliphatic rings. The highest BCUT2D eigenvalue weighted by Gasteiger charge is 2.38. The van der Waals surface area contributed by atoms with Crippen LogP contribution in [0.2, 0.25) is 0 Å². The topological polar surface area (TPSA) is 88.0 Å². The van der Waals surface area contributed by atoms with Gasteiger partial charge in [0, 0.05) is 34.3 Å². The van der Waals surface area contributed by atoms with Crippen molar-refractivity contribution in [3.05, 3.63) is 62.7 Å². The molecule has 0 saturated carbocycles. The van der Waals surface area contributed by atoms with Gasteiger partial charge in [-0.1, -0.05) is 0 Å². The fourth-order valence-corrected chi connectivity index (χ4v) is 3.15. The normalized spacial score (nSPS) is 11.8. The monoisotopic (exact) mass is 542 g/mol. The Labute approximate surface area is 170 Å². The molecule has 2 rings (SSSR count). The predicted octanol–water partition coefficient (Wildman–Crippen LogP) is 0.810. The van der Waals surface area contributed by atoms with E-state index < -0.39 is 49.8 Å². The Morgan fingerprint density at radius 1 is 0.724 bits per heavy atom. The summed E-state index contributed by atoms with van der Waals surface area (Å²) in [6.07, 6.45) is -9.40. The van der Waals surface area contributed by atoms with E-state index in [2.05, 4.69) is 0 Å². The summed E-state index contributed by atoms with van der Waals surface area (Å²) >= 11 is 1.29. The van der Waals surface area contributed by atoms with Gasteiger partial charge in [-0.2, -0.15) is 26.3 Å². The first-order valence-electron chi connectivity index (χ1n) is 7.29. The SMILES string of the molecule is Cn1c(C(F)(F)F)c(I)c(=O)n(C)c1=O.Cn1c(C(F)(F)F)cc(=O)n(C)c1=O. The highest BCUT2D eigenvalue weighted by Crippen LogP contribution is 2.30. The Hall–Kier alpha value is -2.33. The average Bonchev–Trinajstić information content (AvgIpc) is 2.58. The van der Waals surface area contributed by atoms with E-state index in [-0.39, 0.29) is 0 Å². The number of rotatable bonds is 0. The first-order chi connectivity index (χ1) is 12.9. The molecule has 8 nitrogen and oxygen atoms in total. The van der Waals surface area contributed by atoms with Crippen LogP contribution < -0.4 is 22.5 Å². The van der Waals surface area contributed by atoms with Crippen LogP contribution in [0.5, 0.6) is 0 Å². The van der Waals surface area contributed by atoms with E-state index in [1.54, 1.807) is 0 Å². The summed E-state index contributed by atoms with van der Waals surface area (Å²) in [6.45, 7) is 0. The molecule has 0 aromatic carbocycles. The zero-order valence-corrected chi connectivity index (χ0v) is 17.3. The maximum atomic E-state index is 12.5. The Bertz CT molecular complexity index is 1130. The first-order valence-corrected chi connectivity index (χ1v) is 8.37. The van der Waals surface area contributed by atoms with Crippen molar-refractivity contribution in [1.29, 1.82) is 0 Å². The van der Waals surface area contributed by atoms with Gasteiger partial charge >= 0.3 is 23.7 Å². The smallest absolute Gasteiger partial charge is 0.292 e. The fraction of sp³-hybridized carbons (Fsp3) is 0.429. The average molecular weight is 542 g/mol. The second kappa shape index (κ2) is 8.19. The summed E-state index contributed by atoms with van der Waals surface area (Å²) in [7, 11) is 4.19. The van der Waals surface area contributed by atoms with Crippen molar-refractivity contribution in [2.75, 3.05) is 0 Å². The van der Waals surface area contributed by atoms with Crippen LogP contribution in [-0.2, 0) is 40.5 Å². The Balaban J connectivity index is 0.000000291. The Morgan fingerprint density at radius 3 is 1.59 bits per heavy atom. The summed E-state index contributed by atoms with van der Waals surface area (Å²) in [4.78, 5) is 44.5. The molecule has 29 heavy (non-hydrogen) atoms. The number of aromatic nitrogens is 4. The number of hydrogen-bond donors (Lipinski definition) is 0. The maximum absolute atomic E-state index is 12.5. The largest absolute Gasteiger partial charge is 0.432 e. The van der Waals surface area contributed by atoms with Crippen LogP contribution in [0.1, 0.15) is 11.4 Å².